The Balaban J connectivity index is 2.41. The standard InChI is InChI=1S/C14H10F2O/c15-13-6-3-7-14(16)12(13)8-10-4-1-2-5-11(10)9-17/h1-7,9H,8H2. The van der Waals surface area contributed by atoms with Gasteiger partial charge in [0.05, 0.1) is 0 Å². The van der Waals surface area contributed by atoms with Crippen molar-refractivity contribution in [2.45, 2.75) is 6.42 Å². The van der Waals surface area contributed by atoms with Crippen molar-refractivity contribution in [1.29, 1.82) is 0 Å². The third kappa shape index (κ3) is 2.38. The molecule has 0 amide bonds. The molecule has 0 saturated carbocycles. The second kappa shape index (κ2) is 4.87. The van der Waals surface area contributed by atoms with Gasteiger partial charge in [0.25, 0.3) is 0 Å². The Morgan fingerprint density at radius 3 is 2.24 bits per heavy atom. The third-order valence-electron chi connectivity index (χ3n) is 2.61. The van der Waals surface area contributed by atoms with Gasteiger partial charge in [-0.25, -0.2) is 8.78 Å². The zero-order chi connectivity index (χ0) is 12.3. The number of hydrogen-bond donors (Lipinski definition) is 0. The average Bonchev–Trinajstić information content (AvgIpc) is 2.34. The minimum Gasteiger partial charge on any atom is -0.298 e. The van der Waals surface area contributed by atoms with E-state index in [4.69, 9.17) is 0 Å². The summed E-state index contributed by atoms with van der Waals surface area (Å²) in [5.41, 5.74) is 1.06. The molecule has 17 heavy (non-hydrogen) atoms. The van der Waals surface area contributed by atoms with Crippen LogP contribution >= 0.6 is 0 Å². The Kier molecular flexibility index (Phi) is 3.28. The van der Waals surface area contributed by atoms with Gasteiger partial charge in [0, 0.05) is 17.5 Å². The summed E-state index contributed by atoms with van der Waals surface area (Å²) in [7, 11) is 0. The Morgan fingerprint density at radius 1 is 0.941 bits per heavy atom. The van der Waals surface area contributed by atoms with E-state index in [0.29, 0.717) is 17.4 Å². The predicted octanol–water partition coefficient (Wildman–Crippen LogP) is 3.37. The molecule has 0 N–H and O–H groups in total. The van der Waals surface area contributed by atoms with Gasteiger partial charge in [-0.1, -0.05) is 30.3 Å². The van der Waals surface area contributed by atoms with Crippen molar-refractivity contribution in [2.75, 3.05) is 0 Å². The zero-order valence-corrected chi connectivity index (χ0v) is 8.99. The van der Waals surface area contributed by atoms with E-state index in [-0.39, 0.29) is 12.0 Å². The fourth-order valence-corrected chi connectivity index (χ4v) is 1.70. The van der Waals surface area contributed by atoms with Crippen LogP contribution in [-0.2, 0) is 6.42 Å². The van der Waals surface area contributed by atoms with Crippen LogP contribution in [0.1, 0.15) is 21.5 Å². The Hall–Kier alpha value is -2.03. The van der Waals surface area contributed by atoms with Crippen molar-refractivity contribution < 1.29 is 13.6 Å². The highest BCUT2D eigenvalue weighted by Gasteiger charge is 2.10. The lowest BCUT2D eigenvalue weighted by molar-refractivity contribution is 0.112. The first-order chi connectivity index (χ1) is 8.22. The van der Waals surface area contributed by atoms with Gasteiger partial charge in [-0.2, -0.15) is 0 Å². The fraction of sp³-hybridized carbons (Fsp3) is 0.0714. The highest BCUT2D eigenvalue weighted by molar-refractivity contribution is 5.77. The first-order valence-electron chi connectivity index (χ1n) is 5.18. The van der Waals surface area contributed by atoms with Crippen molar-refractivity contribution in [2.24, 2.45) is 0 Å². The Morgan fingerprint density at radius 2 is 1.59 bits per heavy atom. The van der Waals surface area contributed by atoms with Crippen LogP contribution in [0.4, 0.5) is 8.78 Å². The van der Waals surface area contributed by atoms with Gasteiger partial charge in [-0.15, -0.1) is 0 Å². The highest BCUT2D eigenvalue weighted by atomic mass is 19.1. The molecule has 0 heterocycles. The molecular formula is C14H10F2O. The summed E-state index contributed by atoms with van der Waals surface area (Å²) in [6, 6.07) is 10.5. The monoisotopic (exact) mass is 232 g/mol. The molecule has 2 aromatic rings. The lowest BCUT2D eigenvalue weighted by Gasteiger charge is -2.06. The number of halogens is 2. The van der Waals surface area contributed by atoms with Crippen molar-refractivity contribution in [3.8, 4) is 0 Å². The van der Waals surface area contributed by atoms with E-state index in [9.17, 15) is 13.6 Å². The van der Waals surface area contributed by atoms with Gasteiger partial charge < -0.3 is 0 Å². The molecule has 0 saturated heterocycles. The first-order valence-corrected chi connectivity index (χ1v) is 5.18. The van der Waals surface area contributed by atoms with E-state index in [1.54, 1.807) is 24.3 Å². The van der Waals surface area contributed by atoms with Crippen molar-refractivity contribution in [1.82, 2.24) is 0 Å². The van der Waals surface area contributed by atoms with Crippen LogP contribution in [0.2, 0.25) is 0 Å². The van der Waals surface area contributed by atoms with Crippen LogP contribution in [0.3, 0.4) is 0 Å². The largest absolute Gasteiger partial charge is 0.298 e. The maximum atomic E-state index is 13.4. The van der Waals surface area contributed by atoms with Gasteiger partial charge in [-0.05, 0) is 17.7 Å². The lowest BCUT2D eigenvalue weighted by Crippen LogP contribution is -1.99. The minimum atomic E-state index is -0.592. The summed E-state index contributed by atoms with van der Waals surface area (Å²) in [6.07, 6.45) is 0.765. The van der Waals surface area contributed by atoms with E-state index in [1.165, 1.54) is 18.2 Å². The SMILES string of the molecule is O=Cc1ccccc1Cc1c(F)cccc1F. The van der Waals surface area contributed by atoms with E-state index < -0.39 is 11.6 Å². The van der Waals surface area contributed by atoms with E-state index in [1.807, 2.05) is 0 Å². The first kappa shape index (κ1) is 11.5. The molecule has 1 nitrogen and oxygen atoms in total. The van der Waals surface area contributed by atoms with Crippen LogP contribution < -0.4 is 0 Å². The quantitative estimate of drug-likeness (QED) is 0.741. The molecule has 0 aliphatic heterocycles. The molecule has 86 valence electrons. The molecule has 0 aromatic heterocycles. The molecule has 0 aliphatic rings. The molecule has 0 aliphatic carbocycles. The summed E-state index contributed by atoms with van der Waals surface area (Å²) < 4.78 is 26.9. The molecule has 3 heteroatoms. The molecular weight excluding hydrogens is 222 g/mol. The van der Waals surface area contributed by atoms with Gasteiger partial charge in [0.15, 0.2) is 0 Å². The van der Waals surface area contributed by atoms with Gasteiger partial charge >= 0.3 is 0 Å². The molecule has 0 spiro atoms. The van der Waals surface area contributed by atoms with E-state index in [2.05, 4.69) is 0 Å². The van der Waals surface area contributed by atoms with Crippen molar-refractivity contribution >= 4 is 6.29 Å². The molecule has 0 atom stereocenters. The molecule has 2 rings (SSSR count). The second-order valence-electron chi connectivity index (χ2n) is 3.69. The summed E-state index contributed by atoms with van der Waals surface area (Å²) in [4.78, 5) is 10.8. The molecule has 0 fully saturated rings. The van der Waals surface area contributed by atoms with E-state index >= 15 is 0 Å². The molecule has 2 aromatic carbocycles. The number of carbonyl (C=O) groups is 1. The van der Waals surface area contributed by atoms with Crippen molar-refractivity contribution in [3.05, 3.63) is 70.8 Å². The van der Waals surface area contributed by atoms with E-state index in [0.717, 1.165) is 0 Å². The fourth-order valence-electron chi connectivity index (χ4n) is 1.70. The summed E-state index contributed by atoms with van der Waals surface area (Å²) >= 11 is 0. The molecule has 0 radical (unpaired) electrons. The Bertz CT molecular complexity index is 529. The molecule has 0 bridgehead atoms. The zero-order valence-electron chi connectivity index (χ0n) is 8.99. The predicted molar refractivity (Wildman–Crippen MR) is 61.0 cm³/mol. The minimum absolute atomic E-state index is 0.0122. The number of aldehydes is 1. The lowest BCUT2D eigenvalue weighted by atomic mass is 10.00. The van der Waals surface area contributed by atoms with Gasteiger partial charge in [0.1, 0.15) is 17.9 Å². The number of rotatable bonds is 3. The number of benzene rings is 2. The summed E-state index contributed by atoms with van der Waals surface area (Å²) in [6.45, 7) is 0. The maximum absolute atomic E-state index is 13.4. The van der Waals surface area contributed by atoms with Crippen LogP contribution in [0.15, 0.2) is 42.5 Å². The van der Waals surface area contributed by atoms with Crippen LogP contribution in [0.5, 0.6) is 0 Å². The third-order valence-corrected chi connectivity index (χ3v) is 2.61. The van der Waals surface area contributed by atoms with Crippen LogP contribution in [0.25, 0.3) is 0 Å². The van der Waals surface area contributed by atoms with Crippen LogP contribution in [0, 0.1) is 11.6 Å². The normalized spacial score (nSPS) is 10.2. The topological polar surface area (TPSA) is 17.1 Å². The summed E-state index contributed by atoms with van der Waals surface area (Å²) in [5.74, 6) is -1.18. The van der Waals surface area contributed by atoms with Crippen LogP contribution in [-0.4, -0.2) is 6.29 Å². The van der Waals surface area contributed by atoms with Gasteiger partial charge in [-0.3, -0.25) is 4.79 Å². The second-order valence-corrected chi connectivity index (χ2v) is 3.69. The number of hydrogen-bond acceptors (Lipinski definition) is 1. The Labute approximate surface area is 97.7 Å². The summed E-state index contributed by atoms with van der Waals surface area (Å²) in [5, 5.41) is 0. The molecule has 0 unspecified atom stereocenters. The average molecular weight is 232 g/mol. The number of carbonyl (C=O) groups excluding carboxylic acids is 1. The maximum Gasteiger partial charge on any atom is 0.150 e. The van der Waals surface area contributed by atoms with Crippen molar-refractivity contribution in [3.63, 3.8) is 0 Å². The van der Waals surface area contributed by atoms with Gasteiger partial charge in [0.2, 0.25) is 0 Å². The smallest absolute Gasteiger partial charge is 0.150 e. The highest BCUT2D eigenvalue weighted by Crippen LogP contribution is 2.18.